The molecular weight excluding hydrogens is 316 g/mol. The molecule has 0 saturated carbocycles. The molecule has 1 aromatic rings. The van der Waals surface area contributed by atoms with E-state index in [0.29, 0.717) is 26.0 Å². The van der Waals surface area contributed by atoms with Gasteiger partial charge in [0.15, 0.2) is 0 Å². The molecule has 1 amide bonds. The van der Waals surface area contributed by atoms with Crippen LogP contribution in [-0.4, -0.2) is 30.6 Å². The number of unbranched alkanes of at least 4 members (excludes halogenated alkanes) is 3. The number of carbonyl (C=O) groups is 2. The molecule has 0 bridgehead atoms. The SMILES string of the molecule is CCCCCCC(=O)OCCCN1C(=O)C(C)(C)Nc2ccccc21. The van der Waals surface area contributed by atoms with Crippen molar-refractivity contribution >= 4 is 23.3 Å². The Morgan fingerprint density at radius 2 is 1.92 bits per heavy atom. The van der Waals surface area contributed by atoms with Gasteiger partial charge < -0.3 is 15.0 Å². The fourth-order valence-corrected chi connectivity index (χ4v) is 3.05. The summed E-state index contributed by atoms with van der Waals surface area (Å²) in [6.45, 7) is 6.81. The molecule has 0 spiro atoms. The molecule has 0 saturated heterocycles. The van der Waals surface area contributed by atoms with E-state index in [1.54, 1.807) is 4.90 Å². The molecule has 1 aromatic carbocycles. The highest BCUT2D eigenvalue weighted by Gasteiger charge is 2.38. The van der Waals surface area contributed by atoms with Crippen LogP contribution in [0.25, 0.3) is 0 Å². The summed E-state index contributed by atoms with van der Waals surface area (Å²) in [5, 5.41) is 3.28. The van der Waals surface area contributed by atoms with Gasteiger partial charge in [-0.25, -0.2) is 0 Å². The Labute approximate surface area is 150 Å². The lowest BCUT2D eigenvalue weighted by Gasteiger charge is -2.40. The van der Waals surface area contributed by atoms with Crippen LogP contribution in [0.2, 0.25) is 0 Å². The summed E-state index contributed by atoms with van der Waals surface area (Å²) in [4.78, 5) is 26.2. The van der Waals surface area contributed by atoms with Crippen LogP contribution in [0, 0.1) is 0 Å². The molecule has 0 fully saturated rings. The molecule has 0 aliphatic carbocycles. The summed E-state index contributed by atoms with van der Waals surface area (Å²) >= 11 is 0. The topological polar surface area (TPSA) is 58.6 Å². The lowest BCUT2D eigenvalue weighted by atomic mass is 9.98. The largest absolute Gasteiger partial charge is 0.466 e. The van der Waals surface area contributed by atoms with E-state index in [0.717, 1.165) is 37.1 Å². The van der Waals surface area contributed by atoms with Crippen molar-refractivity contribution in [2.24, 2.45) is 0 Å². The number of carbonyl (C=O) groups excluding carboxylic acids is 2. The van der Waals surface area contributed by atoms with Crippen molar-refractivity contribution in [3.05, 3.63) is 24.3 Å². The third-order valence-electron chi connectivity index (χ3n) is 4.45. The van der Waals surface area contributed by atoms with Gasteiger partial charge in [0, 0.05) is 13.0 Å². The van der Waals surface area contributed by atoms with Crippen molar-refractivity contribution in [2.75, 3.05) is 23.4 Å². The average molecular weight is 346 g/mol. The van der Waals surface area contributed by atoms with Crippen molar-refractivity contribution < 1.29 is 14.3 Å². The Morgan fingerprint density at radius 1 is 1.16 bits per heavy atom. The molecule has 0 radical (unpaired) electrons. The van der Waals surface area contributed by atoms with Gasteiger partial charge in [0.1, 0.15) is 5.54 Å². The molecular formula is C20H30N2O3. The maximum Gasteiger partial charge on any atom is 0.305 e. The van der Waals surface area contributed by atoms with Gasteiger partial charge in [0.05, 0.1) is 18.0 Å². The van der Waals surface area contributed by atoms with Crippen LogP contribution in [0.1, 0.15) is 59.3 Å². The quantitative estimate of drug-likeness (QED) is 0.539. The Hall–Kier alpha value is -2.04. The Bertz CT molecular complexity index is 598. The summed E-state index contributed by atoms with van der Waals surface area (Å²) < 4.78 is 5.30. The molecule has 1 aliphatic heterocycles. The van der Waals surface area contributed by atoms with Crippen LogP contribution in [0.15, 0.2) is 24.3 Å². The molecule has 2 rings (SSSR count). The number of para-hydroxylation sites is 2. The molecule has 5 nitrogen and oxygen atoms in total. The van der Waals surface area contributed by atoms with Gasteiger partial charge in [-0.1, -0.05) is 38.3 Å². The predicted molar refractivity (Wildman–Crippen MR) is 101 cm³/mol. The number of ether oxygens (including phenoxy) is 1. The first-order valence-electron chi connectivity index (χ1n) is 9.30. The maximum atomic E-state index is 12.7. The number of nitrogens with one attached hydrogen (secondary N) is 1. The lowest BCUT2D eigenvalue weighted by Crippen LogP contribution is -2.54. The second-order valence-electron chi connectivity index (χ2n) is 7.11. The smallest absolute Gasteiger partial charge is 0.305 e. The van der Waals surface area contributed by atoms with E-state index in [1.165, 1.54) is 0 Å². The number of anilines is 2. The predicted octanol–water partition coefficient (Wildman–Crippen LogP) is 4.13. The molecule has 0 aromatic heterocycles. The first-order valence-corrected chi connectivity index (χ1v) is 9.30. The van der Waals surface area contributed by atoms with Gasteiger partial charge in [0.2, 0.25) is 0 Å². The Morgan fingerprint density at radius 3 is 2.68 bits per heavy atom. The summed E-state index contributed by atoms with van der Waals surface area (Å²) in [6.07, 6.45) is 5.41. The molecule has 1 heterocycles. The minimum absolute atomic E-state index is 0.0390. The van der Waals surface area contributed by atoms with E-state index in [1.807, 2.05) is 38.1 Å². The zero-order valence-electron chi connectivity index (χ0n) is 15.6. The molecule has 1 N–H and O–H groups in total. The average Bonchev–Trinajstić information content (AvgIpc) is 2.58. The number of amides is 1. The van der Waals surface area contributed by atoms with Gasteiger partial charge in [-0.15, -0.1) is 0 Å². The number of fused-ring (bicyclic) bond motifs is 1. The number of hydrogen-bond donors (Lipinski definition) is 1. The van der Waals surface area contributed by atoms with Gasteiger partial charge in [-0.3, -0.25) is 9.59 Å². The van der Waals surface area contributed by atoms with Crippen LogP contribution in [0.4, 0.5) is 11.4 Å². The van der Waals surface area contributed by atoms with Crippen LogP contribution in [-0.2, 0) is 14.3 Å². The van der Waals surface area contributed by atoms with E-state index in [4.69, 9.17) is 4.74 Å². The standard InChI is InChI=1S/C20H30N2O3/c1-4-5-6-7-13-18(23)25-15-10-14-22-17-12-9-8-11-16(17)21-20(2,3)19(22)24/h8-9,11-12,21H,4-7,10,13-15H2,1-3H3. The van der Waals surface area contributed by atoms with Crippen molar-refractivity contribution in [3.8, 4) is 0 Å². The minimum Gasteiger partial charge on any atom is -0.466 e. The Kier molecular flexibility index (Phi) is 6.85. The molecule has 5 heteroatoms. The molecule has 25 heavy (non-hydrogen) atoms. The number of benzene rings is 1. The molecule has 0 atom stereocenters. The van der Waals surface area contributed by atoms with E-state index in [9.17, 15) is 9.59 Å². The molecule has 0 unspecified atom stereocenters. The first-order chi connectivity index (χ1) is 12.0. The van der Waals surface area contributed by atoms with Crippen molar-refractivity contribution in [3.63, 3.8) is 0 Å². The summed E-state index contributed by atoms with van der Waals surface area (Å²) in [5.74, 6) is -0.0967. The van der Waals surface area contributed by atoms with Gasteiger partial charge in [0.25, 0.3) is 5.91 Å². The monoisotopic (exact) mass is 346 g/mol. The zero-order chi connectivity index (χ0) is 18.3. The fraction of sp³-hybridized carbons (Fsp3) is 0.600. The fourth-order valence-electron chi connectivity index (χ4n) is 3.05. The van der Waals surface area contributed by atoms with E-state index >= 15 is 0 Å². The summed E-state index contributed by atoms with van der Waals surface area (Å²) in [5.41, 5.74) is 1.21. The number of nitrogens with zero attached hydrogens (tertiary/aromatic N) is 1. The molecule has 138 valence electrons. The van der Waals surface area contributed by atoms with Gasteiger partial charge in [-0.2, -0.15) is 0 Å². The highest BCUT2D eigenvalue weighted by atomic mass is 16.5. The highest BCUT2D eigenvalue weighted by molar-refractivity contribution is 6.07. The highest BCUT2D eigenvalue weighted by Crippen LogP contribution is 2.34. The normalized spacial score (nSPS) is 15.5. The molecule has 1 aliphatic rings. The Balaban J connectivity index is 1.82. The second kappa shape index (κ2) is 8.88. The number of rotatable bonds is 9. The second-order valence-corrected chi connectivity index (χ2v) is 7.11. The van der Waals surface area contributed by atoms with Crippen LogP contribution >= 0.6 is 0 Å². The summed E-state index contributed by atoms with van der Waals surface area (Å²) in [7, 11) is 0. The van der Waals surface area contributed by atoms with Crippen molar-refractivity contribution in [1.29, 1.82) is 0 Å². The van der Waals surface area contributed by atoms with Gasteiger partial charge >= 0.3 is 5.97 Å². The lowest BCUT2D eigenvalue weighted by molar-refractivity contribution is -0.143. The van der Waals surface area contributed by atoms with Crippen LogP contribution < -0.4 is 10.2 Å². The van der Waals surface area contributed by atoms with Crippen molar-refractivity contribution in [1.82, 2.24) is 0 Å². The third-order valence-corrected chi connectivity index (χ3v) is 4.45. The van der Waals surface area contributed by atoms with Crippen LogP contribution in [0.5, 0.6) is 0 Å². The third kappa shape index (κ3) is 5.21. The number of esters is 1. The van der Waals surface area contributed by atoms with Crippen molar-refractivity contribution in [2.45, 2.75) is 64.8 Å². The van der Waals surface area contributed by atoms with Crippen LogP contribution in [0.3, 0.4) is 0 Å². The van der Waals surface area contributed by atoms with E-state index in [2.05, 4.69) is 12.2 Å². The minimum atomic E-state index is -0.635. The summed E-state index contributed by atoms with van der Waals surface area (Å²) in [6, 6.07) is 7.80. The first kappa shape index (κ1) is 19.3. The maximum absolute atomic E-state index is 12.7. The zero-order valence-corrected chi connectivity index (χ0v) is 15.6. The van der Waals surface area contributed by atoms with Gasteiger partial charge in [-0.05, 0) is 38.8 Å². The van der Waals surface area contributed by atoms with E-state index < -0.39 is 5.54 Å². The number of hydrogen-bond acceptors (Lipinski definition) is 4. The van der Waals surface area contributed by atoms with E-state index in [-0.39, 0.29) is 11.9 Å².